The lowest BCUT2D eigenvalue weighted by Gasteiger charge is -2.20. The number of halogens is 1. The van der Waals surface area contributed by atoms with E-state index in [1.54, 1.807) is 0 Å². The Hall–Kier alpha value is -1.84. The fraction of sp³-hybridized carbons (Fsp3) is 0.350. The molecule has 1 saturated heterocycles. The Morgan fingerprint density at radius 2 is 1.62 bits per heavy atom. The molecule has 24 heavy (non-hydrogen) atoms. The largest absolute Gasteiger partial charge is 0.345 e. The highest BCUT2D eigenvalue weighted by Gasteiger charge is 2.19. The quantitative estimate of drug-likeness (QED) is 0.835. The number of rotatable bonds is 6. The third kappa shape index (κ3) is 5.08. The lowest BCUT2D eigenvalue weighted by atomic mass is 9.98. The second-order valence-corrected chi connectivity index (χ2v) is 6.15. The summed E-state index contributed by atoms with van der Waals surface area (Å²) in [7, 11) is 0. The van der Waals surface area contributed by atoms with Crippen LogP contribution in [-0.2, 0) is 4.79 Å². The molecule has 2 aromatic rings. The first-order chi connectivity index (χ1) is 11.3. The molecular weight excluding hydrogens is 320 g/mol. The summed E-state index contributed by atoms with van der Waals surface area (Å²) in [5, 5.41) is 6.66. The van der Waals surface area contributed by atoms with E-state index in [4.69, 9.17) is 0 Å². The van der Waals surface area contributed by atoms with E-state index in [9.17, 15) is 4.79 Å². The van der Waals surface area contributed by atoms with Gasteiger partial charge in [-0.2, -0.15) is 0 Å². The van der Waals surface area contributed by atoms with Gasteiger partial charge in [0.05, 0.1) is 6.04 Å². The Morgan fingerprint density at radius 3 is 2.12 bits per heavy atom. The molecule has 0 bridgehead atoms. The van der Waals surface area contributed by atoms with Crippen LogP contribution in [0.25, 0.3) is 0 Å². The van der Waals surface area contributed by atoms with Crippen LogP contribution in [0, 0.1) is 0 Å². The second-order valence-electron chi connectivity index (χ2n) is 6.15. The average molecular weight is 345 g/mol. The number of carbonyl (C=O) groups excluding carboxylic acids is 1. The predicted octanol–water partition coefficient (Wildman–Crippen LogP) is 3.85. The molecule has 0 spiro atoms. The molecule has 1 atom stereocenters. The van der Waals surface area contributed by atoms with Crippen LogP contribution >= 0.6 is 12.4 Å². The second kappa shape index (κ2) is 9.45. The van der Waals surface area contributed by atoms with E-state index in [0.29, 0.717) is 12.5 Å². The van der Waals surface area contributed by atoms with Crippen LogP contribution in [0.4, 0.5) is 0 Å². The molecule has 1 heterocycles. The average Bonchev–Trinajstić information content (AvgIpc) is 3.13. The number of benzene rings is 2. The zero-order valence-electron chi connectivity index (χ0n) is 13.8. The summed E-state index contributed by atoms with van der Waals surface area (Å²) in [6.07, 6.45) is 3.91. The highest BCUT2D eigenvalue weighted by atomic mass is 35.5. The van der Waals surface area contributed by atoms with Gasteiger partial charge in [-0.3, -0.25) is 4.79 Å². The monoisotopic (exact) mass is 344 g/mol. The molecule has 2 N–H and O–H groups in total. The van der Waals surface area contributed by atoms with Crippen LogP contribution in [0.3, 0.4) is 0 Å². The molecule has 1 amide bonds. The number of hydrogen-bond acceptors (Lipinski definition) is 2. The number of carbonyl (C=O) groups is 1. The van der Waals surface area contributed by atoms with E-state index >= 15 is 0 Å². The fourth-order valence-corrected chi connectivity index (χ4v) is 3.19. The van der Waals surface area contributed by atoms with Gasteiger partial charge in [0.1, 0.15) is 0 Å². The summed E-state index contributed by atoms with van der Waals surface area (Å²) in [6.45, 7) is 1.09. The summed E-state index contributed by atoms with van der Waals surface area (Å²) in [5.74, 6) is 0.122. The van der Waals surface area contributed by atoms with Gasteiger partial charge in [-0.1, -0.05) is 60.7 Å². The standard InChI is InChI=1S/C20H24N2O.ClH/c23-19(14-13-18-12-7-15-21-18)22-20(16-8-3-1-4-9-16)17-10-5-2-6-11-17;/h1-6,8-11,18,20-21H,7,12-15H2,(H,22,23);1H. The first-order valence-corrected chi connectivity index (χ1v) is 8.45. The van der Waals surface area contributed by atoms with Crippen molar-refractivity contribution in [2.75, 3.05) is 6.54 Å². The smallest absolute Gasteiger partial charge is 0.220 e. The molecule has 1 fully saturated rings. The van der Waals surface area contributed by atoms with Crippen molar-refractivity contribution in [2.24, 2.45) is 0 Å². The van der Waals surface area contributed by atoms with Crippen LogP contribution in [0.1, 0.15) is 42.9 Å². The topological polar surface area (TPSA) is 41.1 Å². The minimum absolute atomic E-state index is 0. The van der Waals surface area contributed by atoms with E-state index in [1.165, 1.54) is 12.8 Å². The van der Waals surface area contributed by atoms with Crippen LogP contribution < -0.4 is 10.6 Å². The van der Waals surface area contributed by atoms with Crippen LogP contribution in [0.15, 0.2) is 60.7 Å². The molecular formula is C20H25ClN2O. The Morgan fingerprint density at radius 1 is 1.04 bits per heavy atom. The summed E-state index contributed by atoms with van der Waals surface area (Å²) in [4.78, 5) is 12.4. The number of amides is 1. The van der Waals surface area contributed by atoms with Crippen molar-refractivity contribution in [3.63, 3.8) is 0 Å². The maximum absolute atomic E-state index is 12.4. The lowest BCUT2D eigenvalue weighted by molar-refractivity contribution is -0.121. The van der Waals surface area contributed by atoms with Gasteiger partial charge in [-0.15, -0.1) is 12.4 Å². The molecule has 2 aromatic carbocycles. The zero-order valence-corrected chi connectivity index (χ0v) is 14.6. The van der Waals surface area contributed by atoms with Crippen molar-refractivity contribution in [1.82, 2.24) is 10.6 Å². The van der Waals surface area contributed by atoms with Crippen molar-refractivity contribution in [3.8, 4) is 0 Å². The van der Waals surface area contributed by atoms with Gasteiger partial charge in [0.2, 0.25) is 5.91 Å². The normalized spacial score (nSPS) is 16.6. The van der Waals surface area contributed by atoms with Gasteiger partial charge >= 0.3 is 0 Å². The number of nitrogens with one attached hydrogen (secondary N) is 2. The van der Waals surface area contributed by atoms with Gasteiger partial charge in [-0.25, -0.2) is 0 Å². The first-order valence-electron chi connectivity index (χ1n) is 8.45. The predicted molar refractivity (Wildman–Crippen MR) is 100 cm³/mol. The molecule has 0 radical (unpaired) electrons. The molecule has 1 unspecified atom stereocenters. The maximum atomic E-state index is 12.4. The van der Waals surface area contributed by atoms with E-state index in [2.05, 4.69) is 34.9 Å². The molecule has 0 aliphatic carbocycles. The summed E-state index contributed by atoms with van der Waals surface area (Å²) >= 11 is 0. The highest BCUT2D eigenvalue weighted by Crippen LogP contribution is 2.22. The van der Waals surface area contributed by atoms with Gasteiger partial charge < -0.3 is 10.6 Å². The minimum Gasteiger partial charge on any atom is -0.345 e. The maximum Gasteiger partial charge on any atom is 0.220 e. The van der Waals surface area contributed by atoms with E-state index < -0.39 is 0 Å². The minimum atomic E-state index is -0.0820. The van der Waals surface area contributed by atoms with Crippen LogP contribution in [-0.4, -0.2) is 18.5 Å². The van der Waals surface area contributed by atoms with E-state index in [-0.39, 0.29) is 24.4 Å². The van der Waals surface area contributed by atoms with Gasteiger partial charge in [-0.05, 0) is 36.9 Å². The van der Waals surface area contributed by atoms with Gasteiger partial charge in [0.25, 0.3) is 0 Å². The van der Waals surface area contributed by atoms with Gasteiger partial charge in [0.15, 0.2) is 0 Å². The van der Waals surface area contributed by atoms with Crippen molar-refractivity contribution in [2.45, 2.75) is 37.8 Å². The number of hydrogen-bond donors (Lipinski definition) is 2. The van der Waals surface area contributed by atoms with E-state index in [0.717, 1.165) is 24.1 Å². The molecule has 3 rings (SSSR count). The Labute approximate surface area is 150 Å². The fourth-order valence-electron chi connectivity index (χ4n) is 3.19. The SMILES string of the molecule is Cl.O=C(CCC1CCCN1)NC(c1ccccc1)c1ccccc1. The summed E-state index contributed by atoms with van der Waals surface area (Å²) in [6, 6.07) is 20.7. The Kier molecular flexibility index (Phi) is 7.29. The van der Waals surface area contributed by atoms with Crippen molar-refractivity contribution in [1.29, 1.82) is 0 Å². The van der Waals surface area contributed by atoms with Crippen LogP contribution in [0.5, 0.6) is 0 Å². The zero-order chi connectivity index (χ0) is 15.9. The van der Waals surface area contributed by atoms with Crippen LogP contribution in [0.2, 0.25) is 0 Å². The van der Waals surface area contributed by atoms with Crippen molar-refractivity contribution in [3.05, 3.63) is 71.8 Å². The van der Waals surface area contributed by atoms with Crippen molar-refractivity contribution >= 4 is 18.3 Å². The molecule has 128 valence electrons. The summed E-state index contributed by atoms with van der Waals surface area (Å²) in [5.41, 5.74) is 2.23. The summed E-state index contributed by atoms with van der Waals surface area (Å²) < 4.78 is 0. The third-order valence-electron chi connectivity index (χ3n) is 4.45. The van der Waals surface area contributed by atoms with E-state index in [1.807, 2.05) is 36.4 Å². The molecule has 4 heteroatoms. The third-order valence-corrected chi connectivity index (χ3v) is 4.45. The van der Waals surface area contributed by atoms with Gasteiger partial charge in [0, 0.05) is 12.5 Å². The lowest BCUT2D eigenvalue weighted by Crippen LogP contribution is -2.31. The molecule has 3 nitrogen and oxygen atoms in total. The molecule has 0 aromatic heterocycles. The molecule has 1 aliphatic heterocycles. The Bertz CT molecular complexity index is 573. The molecule has 1 aliphatic rings. The highest BCUT2D eigenvalue weighted by molar-refractivity contribution is 5.85. The Balaban J connectivity index is 0.00000208. The first kappa shape index (κ1) is 18.5. The molecule has 0 saturated carbocycles. The van der Waals surface area contributed by atoms with Crippen molar-refractivity contribution < 1.29 is 4.79 Å².